The summed E-state index contributed by atoms with van der Waals surface area (Å²) < 4.78 is 18.0. The van der Waals surface area contributed by atoms with Crippen LogP contribution < -0.4 is 10.1 Å². The maximum atomic E-state index is 13.1. The molecule has 0 unspecified atom stereocenters. The van der Waals surface area contributed by atoms with Gasteiger partial charge in [0.2, 0.25) is 11.8 Å². The van der Waals surface area contributed by atoms with Crippen LogP contribution in [-0.4, -0.2) is 83.7 Å². The Hall–Kier alpha value is -3.86. The van der Waals surface area contributed by atoms with Crippen molar-refractivity contribution in [1.82, 2.24) is 20.1 Å². The minimum absolute atomic E-state index is 0.0743. The Morgan fingerprint density at radius 1 is 1.04 bits per heavy atom. The van der Waals surface area contributed by atoms with Crippen molar-refractivity contribution in [2.24, 2.45) is 5.92 Å². The number of pyridine rings is 1. The second kappa shape index (κ2) is 12.4. The van der Waals surface area contributed by atoms with Crippen LogP contribution in [0, 0.1) is 5.92 Å². The normalized spacial score (nSPS) is 26.4. The van der Waals surface area contributed by atoms with E-state index < -0.39 is 11.9 Å². The van der Waals surface area contributed by atoms with Crippen LogP contribution in [0.1, 0.15) is 72.6 Å². The molecular formula is C36H42N4O6. The molecule has 10 nitrogen and oxygen atoms in total. The molecule has 1 aromatic heterocycles. The number of piperidine rings is 1. The van der Waals surface area contributed by atoms with E-state index in [0.29, 0.717) is 36.8 Å². The van der Waals surface area contributed by atoms with Crippen molar-refractivity contribution in [3.63, 3.8) is 0 Å². The SMILES string of the molecule is COC[C@@H]1CN(Cc2ccc3nc([C@@H]4CCOC(C)(C)C4)ccc3c2)C[C@H]1Oc1ccc2c(c1)CN([C@H]1CCC(=O)NC1=O)C2=O. The first-order valence-electron chi connectivity index (χ1n) is 16.3. The number of hydrogen-bond acceptors (Lipinski definition) is 8. The van der Waals surface area contributed by atoms with Gasteiger partial charge in [-0.05, 0) is 80.6 Å². The first-order chi connectivity index (χ1) is 22.2. The van der Waals surface area contributed by atoms with Crippen LogP contribution in [0.2, 0.25) is 0 Å². The lowest BCUT2D eigenvalue weighted by Gasteiger charge is -2.35. The largest absolute Gasteiger partial charge is 0.489 e. The van der Waals surface area contributed by atoms with Gasteiger partial charge >= 0.3 is 0 Å². The van der Waals surface area contributed by atoms with Gasteiger partial charge in [-0.3, -0.25) is 29.6 Å². The second-order valence-corrected chi connectivity index (χ2v) is 13.8. The average Bonchev–Trinajstić information content (AvgIpc) is 3.55. The Labute approximate surface area is 269 Å². The number of carbonyl (C=O) groups is 3. The first-order valence-corrected chi connectivity index (χ1v) is 16.3. The van der Waals surface area contributed by atoms with Gasteiger partial charge in [0, 0.05) is 74.8 Å². The summed E-state index contributed by atoms with van der Waals surface area (Å²) in [7, 11) is 1.72. The van der Waals surface area contributed by atoms with Crippen molar-refractivity contribution < 1.29 is 28.6 Å². The number of likely N-dealkylation sites (tertiary alicyclic amines) is 1. The van der Waals surface area contributed by atoms with Crippen molar-refractivity contribution in [3.8, 4) is 5.75 Å². The van der Waals surface area contributed by atoms with E-state index in [1.807, 2.05) is 12.1 Å². The molecule has 4 atom stereocenters. The van der Waals surface area contributed by atoms with Crippen LogP contribution in [0.3, 0.4) is 0 Å². The van der Waals surface area contributed by atoms with E-state index in [2.05, 4.69) is 54.4 Å². The highest BCUT2D eigenvalue weighted by Gasteiger charge is 2.40. The number of fused-ring (bicyclic) bond motifs is 2. The summed E-state index contributed by atoms with van der Waals surface area (Å²) in [6, 6.07) is 15.8. The summed E-state index contributed by atoms with van der Waals surface area (Å²) in [6.07, 6.45) is 2.49. The van der Waals surface area contributed by atoms with E-state index in [4.69, 9.17) is 19.2 Å². The number of amides is 3. The van der Waals surface area contributed by atoms with Gasteiger partial charge in [0.15, 0.2) is 0 Å². The van der Waals surface area contributed by atoms with Crippen molar-refractivity contribution in [3.05, 3.63) is 70.9 Å². The Balaban J connectivity index is 1.01. The molecule has 3 saturated heterocycles. The molecule has 0 spiro atoms. The maximum Gasteiger partial charge on any atom is 0.255 e. The first kappa shape index (κ1) is 30.8. The molecule has 242 valence electrons. The van der Waals surface area contributed by atoms with Crippen LogP contribution >= 0.6 is 0 Å². The lowest BCUT2D eigenvalue weighted by atomic mass is 9.86. The van der Waals surface area contributed by atoms with Crippen LogP contribution in [-0.2, 0) is 32.2 Å². The third-order valence-electron chi connectivity index (χ3n) is 9.92. The molecule has 46 heavy (non-hydrogen) atoms. The number of nitrogens with one attached hydrogen (secondary N) is 1. The zero-order chi connectivity index (χ0) is 32.0. The fraction of sp³-hybridized carbons (Fsp3) is 0.500. The fourth-order valence-electron chi connectivity index (χ4n) is 7.62. The molecule has 0 bridgehead atoms. The third-order valence-corrected chi connectivity index (χ3v) is 9.92. The van der Waals surface area contributed by atoms with Crippen molar-refractivity contribution in [1.29, 1.82) is 0 Å². The van der Waals surface area contributed by atoms with E-state index in [1.54, 1.807) is 18.1 Å². The van der Waals surface area contributed by atoms with Gasteiger partial charge < -0.3 is 19.1 Å². The number of carbonyl (C=O) groups excluding carboxylic acids is 3. The van der Waals surface area contributed by atoms with E-state index in [1.165, 1.54) is 5.56 Å². The summed E-state index contributed by atoms with van der Waals surface area (Å²) in [5.74, 6) is 0.420. The molecule has 3 amide bonds. The summed E-state index contributed by atoms with van der Waals surface area (Å²) >= 11 is 0. The molecule has 0 radical (unpaired) electrons. The summed E-state index contributed by atoms with van der Waals surface area (Å²) in [4.78, 5) is 46.1. The maximum absolute atomic E-state index is 13.1. The van der Waals surface area contributed by atoms with Crippen LogP contribution in [0.5, 0.6) is 5.75 Å². The topological polar surface area (TPSA) is 110 Å². The highest BCUT2D eigenvalue weighted by molar-refractivity contribution is 6.05. The highest BCUT2D eigenvalue weighted by atomic mass is 16.5. The van der Waals surface area contributed by atoms with E-state index >= 15 is 0 Å². The molecular weight excluding hydrogens is 584 g/mol. The van der Waals surface area contributed by atoms with Gasteiger partial charge in [-0.25, -0.2) is 0 Å². The zero-order valence-corrected chi connectivity index (χ0v) is 26.8. The highest BCUT2D eigenvalue weighted by Crippen LogP contribution is 2.36. The van der Waals surface area contributed by atoms with Crippen molar-refractivity contribution >= 4 is 28.6 Å². The minimum atomic E-state index is -0.635. The Morgan fingerprint density at radius 3 is 2.72 bits per heavy atom. The zero-order valence-electron chi connectivity index (χ0n) is 26.8. The number of rotatable bonds is 8. The number of benzene rings is 2. The number of nitrogens with zero attached hydrogens (tertiary/aromatic N) is 3. The van der Waals surface area contributed by atoms with Gasteiger partial charge in [-0.15, -0.1) is 0 Å². The van der Waals surface area contributed by atoms with Crippen LogP contribution in [0.15, 0.2) is 48.5 Å². The second-order valence-electron chi connectivity index (χ2n) is 13.8. The molecule has 5 heterocycles. The summed E-state index contributed by atoms with van der Waals surface area (Å²) in [6.45, 7) is 8.39. The van der Waals surface area contributed by atoms with Crippen LogP contribution in [0.4, 0.5) is 0 Å². The molecule has 2 aromatic carbocycles. The quantitative estimate of drug-likeness (QED) is 0.371. The summed E-state index contributed by atoms with van der Waals surface area (Å²) in [5, 5.41) is 3.50. The molecule has 4 aliphatic heterocycles. The van der Waals surface area contributed by atoms with Crippen molar-refractivity contribution in [2.75, 3.05) is 33.4 Å². The van der Waals surface area contributed by atoms with Crippen molar-refractivity contribution in [2.45, 2.75) is 76.3 Å². The molecule has 3 aromatic rings. The van der Waals surface area contributed by atoms with Crippen LogP contribution in [0.25, 0.3) is 10.9 Å². The third kappa shape index (κ3) is 6.26. The Bertz CT molecular complexity index is 1670. The number of methoxy groups -OCH3 is 1. The lowest BCUT2D eigenvalue weighted by Crippen LogP contribution is -2.52. The van der Waals surface area contributed by atoms with E-state index in [0.717, 1.165) is 61.2 Å². The molecule has 0 aliphatic carbocycles. The number of ether oxygens (including phenoxy) is 3. The predicted molar refractivity (Wildman–Crippen MR) is 171 cm³/mol. The molecule has 4 aliphatic rings. The van der Waals surface area contributed by atoms with Gasteiger partial charge in [0.25, 0.3) is 5.91 Å². The van der Waals surface area contributed by atoms with Gasteiger partial charge in [-0.2, -0.15) is 0 Å². The van der Waals surface area contributed by atoms with E-state index in [-0.39, 0.29) is 35.9 Å². The number of imide groups is 1. The average molecular weight is 627 g/mol. The molecule has 1 N–H and O–H groups in total. The Kier molecular flexibility index (Phi) is 8.29. The number of aromatic nitrogens is 1. The predicted octanol–water partition coefficient (Wildman–Crippen LogP) is 4.19. The fourth-order valence-corrected chi connectivity index (χ4v) is 7.62. The van der Waals surface area contributed by atoms with Gasteiger partial charge in [-0.1, -0.05) is 12.1 Å². The van der Waals surface area contributed by atoms with Gasteiger partial charge in [0.05, 0.1) is 17.7 Å². The smallest absolute Gasteiger partial charge is 0.255 e. The van der Waals surface area contributed by atoms with Gasteiger partial charge in [0.1, 0.15) is 17.9 Å². The Morgan fingerprint density at radius 2 is 1.91 bits per heavy atom. The number of hydrogen-bond donors (Lipinski definition) is 1. The lowest BCUT2D eigenvalue weighted by molar-refractivity contribution is -0.136. The monoisotopic (exact) mass is 626 g/mol. The molecule has 0 saturated carbocycles. The molecule has 7 rings (SSSR count). The molecule has 3 fully saturated rings. The standard InChI is InChI=1S/C36H42N4O6/c1-36(2)16-24(12-13-45-36)30-9-5-23-14-22(4-8-29(23)37-30)17-39-18-26(21-44-3)32(20-39)46-27-6-7-28-25(15-27)19-40(35(28)43)31-10-11-33(41)38-34(31)42/h4-9,14-15,24,26,31-32H,10-13,16-21H2,1-3H3,(H,38,41,42)/t24-,26+,31+,32-/m1/s1. The van der Waals surface area contributed by atoms with E-state index in [9.17, 15) is 14.4 Å². The molecule has 10 heteroatoms. The minimum Gasteiger partial charge on any atom is -0.489 e. The summed E-state index contributed by atoms with van der Waals surface area (Å²) in [5.41, 5.74) is 4.71.